The van der Waals surface area contributed by atoms with Crippen LogP contribution in [0.4, 0.5) is 0 Å². The summed E-state index contributed by atoms with van der Waals surface area (Å²) in [7, 11) is -1.91. The fourth-order valence-electron chi connectivity index (χ4n) is 1.51. The number of aryl methyl sites for hydroxylation is 1. The minimum Gasteiger partial charge on any atom is -0.497 e. The molecule has 0 unspecified atom stereocenters. The highest BCUT2D eigenvalue weighted by Gasteiger charge is 2.17. The van der Waals surface area contributed by atoms with Crippen LogP contribution in [-0.2, 0) is 16.4 Å². The number of nitrogens with one attached hydrogen (secondary N) is 1. The summed E-state index contributed by atoms with van der Waals surface area (Å²) in [5.74, 6) is 0.988. The highest BCUT2D eigenvalue weighted by atomic mass is 35.5. The predicted molar refractivity (Wildman–Crippen MR) is 68.3 cm³/mol. The Morgan fingerprint density at radius 3 is 2.65 bits per heavy atom. The number of alkyl halides is 1. The van der Waals surface area contributed by atoms with E-state index in [-0.39, 0.29) is 4.90 Å². The van der Waals surface area contributed by atoms with Gasteiger partial charge in [0, 0.05) is 12.4 Å². The van der Waals surface area contributed by atoms with E-state index in [2.05, 4.69) is 4.72 Å². The third-order valence-electron chi connectivity index (χ3n) is 2.26. The zero-order chi connectivity index (χ0) is 12.9. The maximum Gasteiger partial charge on any atom is 0.240 e. The standard InChI is InChI=1S/C11H16ClNO3S/c1-3-13-17(14,15)11-5-4-10(16-2)8-9(11)6-7-12/h4-5,8,13H,3,6-7H2,1-2H3. The van der Waals surface area contributed by atoms with E-state index < -0.39 is 10.0 Å². The van der Waals surface area contributed by atoms with E-state index >= 15 is 0 Å². The van der Waals surface area contributed by atoms with Gasteiger partial charge in [0.2, 0.25) is 10.0 Å². The number of hydrogen-bond donors (Lipinski definition) is 1. The van der Waals surface area contributed by atoms with Crippen molar-refractivity contribution in [1.82, 2.24) is 4.72 Å². The smallest absolute Gasteiger partial charge is 0.240 e. The van der Waals surface area contributed by atoms with Crippen LogP contribution in [0, 0.1) is 0 Å². The van der Waals surface area contributed by atoms with Crippen molar-refractivity contribution >= 4 is 21.6 Å². The Morgan fingerprint density at radius 1 is 1.41 bits per heavy atom. The van der Waals surface area contributed by atoms with E-state index in [1.54, 1.807) is 25.1 Å². The summed E-state index contributed by atoms with van der Waals surface area (Å²) in [6.07, 6.45) is 0.485. The van der Waals surface area contributed by atoms with Crippen molar-refractivity contribution in [3.8, 4) is 5.75 Å². The van der Waals surface area contributed by atoms with E-state index in [1.165, 1.54) is 7.11 Å². The van der Waals surface area contributed by atoms with Crippen molar-refractivity contribution in [1.29, 1.82) is 0 Å². The van der Waals surface area contributed by atoms with Crippen LogP contribution in [0.3, 0.4) is 0 Å². The minimum atomic E-state index is -3.45. The predicted octanol–water partition coefficient (Wildman–Crippen LogP) is 1.77. The number of hydrogen-bond acceptors (Lipinski definition) is 3. The highest BCUT2D eigenvalue weighted by molar-refractivity contribution is 7.89. The summed E-state index contributed by atoms with van der Waals surface area (Å²) >= 11 is 5.67. The molecular formula is C11H16ClNO3S. The molecule has 0 aliphatic heterocycles. The van der Waals surface area contributed by atoms with Gasteiger partial charge in [0.25, 0.3) is 0 Å². The van der Waals surface area contributed by atoms with E-state index in [0.717, 1.165) is 0 Å². The van der Waals surface area contributed by atoms with E-state index in [4.69, 9.17) is 16.3 Å². The molecule has 0 bridgehead atoms. The van der Waals surface area contributed by atoms with Crippen LogP contribution in [0.5, 0.6) is 5.75 Å². The molecule has 1 N–H and O–H groups in total. The number of halogens is 1. The molecule has 0 aliphatic carbocycles. The molecule has 0 saturated carbocycles. The van der Waals surface area contributed by atoms with Gasteiger partial charge in [-0.05, 0) is 30.2 Å². The molecular weight excluding hydrogens is 262 g/mol. The lowest BCUT2D eigenvalue weighted by atomic mass is 10.1. The number of benzene rings is 1. The first-order valence-corrected chi connectivity index (χ1v) is 7.29. The van der Waals surface area contributed by atoms with Crippen molar-refractivity contribution in [3.63, 3.8) is 0 Å². The largest absolute Gasteiger partial charge is 0.497 e. The number of methoxy groups -OCH3 is 1. The van der Waals surface area contributed by atoms with Crippen molar-refractivity contribution in [2.45, 2.75) is 18.2 Å². The second-order valence-electron chi connectivity index (χ2n) is 3.41. The van der Waals surface area contributed by atoms with Crippen molar-refractivity contribution in [2.75, 3.05) is 19.5 Å². The summed E-state index contributed by atoms with van der Waals surface area (Å²) in [4.78, 5) is 0.265. The summed E-state index contributed by atoms with van der Waals surface area (Å²) in [5, 5.41) is 0. The number of ether oxygens (including phenoxy) is 1. The molecule has 0 spiro atoms. The molecule has 1 aromatic carbocycles. The lowest BCUT2D eigenvalue weighted by molar-refractivity contribution is 0.414. The Morgan fingerprint density at radius 2 is 2.12 bits per heavy atom. The Hall–Kier alpha value is -0.780. The molecule has 0 atom stereocenters. The molecule has 0 aromatic heterocycles. The minimum absolute atomic E-state index is 0.265. The van der Waals surface area contributed by atoms with Crippen molar-refractivity contribution < 1.29 is 13.2 Å². The van der Waals surface area contributed by atoms with Crippen LogP contribution in [0.2, 0.25) is 0 Å². The topological polar surface area (TPSA) is 55.4 Å². The SMILES string of the molecule is CCNS(=O)(=O)c1ccc(OC)cc1CCCl. The number of rotatable bonds is 6. The van der Waals surface area contributed by atoms with Gasteiger partial charge in [-0.25, -0.2) is 13.1 Å². The van der Waals surface area contributed by atoms with Crippen LogP contribution in [0.1, 0.15) is 12.5 Å². The van der Waals surface area contributed by atoms with E-state index in [1.807, 2.05) is 0 Å². The van der Waals surface area contributed by atoms with Gasteiger partial charge >= 0.3 is 0 Å². The zero-order valence-electron chi connectivity index (χ0n) is 9.86. The molecule has 0 aliphatic rings. The summed E-state index contributed by atoms with van der Waals surface area (Å²) < 4.78 is 31.4. The quantitative estimate of drug-likeness (QED) is 0.807. The third kappa shape index (κ3) is 3.59. The molecule has 1 rings (SSSR count). The molecule has 0 radical (unpaired) electrons. The van der Waals surface area contributed by atoms with E-state index in [0.29, 0.717) is 30.2 Å². The van der Waals surface area contributed by atoms with E-state index in [9.17, 15) is 8.42 Å². The Bertz CT molecular complexity index is 474. The fraction of sp³-hybridized carbons (Fsp3) is 0.455. The average molecular weight is 278 g/mol. The Labute approximate surface area is 107 Å². The Balaban J connectivity index is 3.23. The fourth-order valence-corrected chi connectivity index (χ4v) is 3.00. The van der Waals surface area contributed by atoms with Gasteiger partial charge in [-0.15, -0.1) is 11.6 Å². The molecule has 6 heteroatoms. The molecule has 17 heavy (non-hydrogen) atoms. The maximum absolute atomic E-state index is 11.9. The van der Waals surface area contributed by atoms with Crippen LogP contribution in [0.25, 0.3) is 0 Å². The lowest BCUT2D eigenvalue weighted by Crippen LogP contribution is -2.24. The Kier molecular flexibility index (Phi) is 5.24. The summed E-state index contributed by atoms with van der Waals surface area (Å²) in [6, 6.07) is 4.87. The lowest BCUT2D eigenvalue weighted by Gasteiger charge is -2.11. The summed E-state index contributed by atoms with van der Waals surface area (Å²) in [5.41, 5.74) is 0.667. The monoisotopic (exact) mass is 277 g/mol. The van der Waals surface area contributed by atoms with Crippen LogP contribution in [-0.4, -0.2) is 28.0 Å². The average Bonchev–Trinajstić information content (AvgIpc) is 2.29. The van der Waals surface area contributed by atoms with Gasteiger partial charge < -0.3 is 4.74 Å². The van der Waals surface area contributed by atoms with Gasteiger partial charge in [0.05, 0.1) is 12.0 Å². The molecule has 0 heterocycles. The van der Waals surface area contributed by atoms with Crippen LogP contribution >= 0.6 is 11.6 Å². The van der Waals surface area contributed by atoms with Gasteiger partial charge in [0.1, 0.15) is 5.75 Å². The normalized spacial score (nSPS) is 11.5. The highest BCUT2D eigenvalue weighted by Crippen LogP contribution is 2.22. The van der Waals surface area contributed by atoms with Gasteiger partial charge in [-0.3, -0.25) is 0 Å². The first kappa shape index (κ1) is 14.3. The first-order valence-electron chi connectivity index (χ1n) is 5.27. The molecule has 0 saturated heterocycles. The molecule has 4 nitrogen and oxygen atoms in total. The first-order chi connectivity index (χ1) is 8.05. The molecule has 1 aromatic rings. The van der Waals surface area contributed by atoms with Crippen molar-refractivity contribution in [3.05, 3.63) is 23.8 Å². The third-order valence-corrected chi connectivity index (χ3v) is 4.09. The molecule has 0 fully saturated rings. The summed E-state index contributed by atoms with van der Waals surface area (Å²) in [6.45, 7) is 2.09. The zero-order valence-corrected chi connectivity index (χ0v) is 11.4. The van der Waals surface area contributed by atoms with Gasteiger partial charge in [0.15, 0.2) is 0 Å². The second-order valence-corrected chi connectivity index (χ2v) is 5.53. The van der Waals surface area contributed by atoms with Crippen molar-refractivity contribution in [2.24, 2.45) is 0 Å². The molecule has 0 amide bonds. The van der Waals surface area contributed by atoms with Gasteiger partial charge in [-0.1, -0.05) is 6.92 Å². The van der Waals surface area contributed by atoms with Crippen LogP contribution < -0.4 is 9.46 Å². The maximum atomic E-state index is 11.9. The second kappa shape index (κ2) is 6.23. The van der Waals surface area contributed by atoms with Gasteiger partial charge in [-0.2, -0.15) is 0 Å². The number of sulfonamides is 1. The molecule has 96 valence electrons. The van der Waals surface area contributed by atoms with Crippen LogP contribution in [0.15, 0.2) is 23.1 Å².